The highest BCUT2D eigenvalue weighted by Crippen LogP contribution is 2.54. The summed E-state index contributed by atoms with van der Waals surface area (Å²) >= 11 is 0. The maximum Gasteiger partial charge on any atom is 0.164 e. The van der Waals surface area contributed by atoms with Crippen LogP contribution in [-0.4, -0.2) is 15.0 Å². The lowest BCUT2D eigenvalue weighted by atomic mass is 9.80. The first-order valence-corrected chi connectivity index (χ1v) is 25.7. The van der Waals surface area contributed by atoms with Gasteiger partial charge in [0.25, 0.3) is 0 Å². The van der Waals surface area contributed by atoms with Gasteiger partial charge in [-0.1, -0.05) is 234 Å². The summed E-state index contributed by atoms with van der Waals surface area (Å²) in [4.78, 5) is 16.0. The molecular formula is C71H51N3. The molecule has 14 rings (SSSR count). The van der Waals surface area contributed by atoms with E-state index < -0.39 is 0 Å². The molecule has 12 aromatic rings. The molecule has 0 aliphatic heterocycles. The average molecular weight is 946 g/mol. The third-order valence-corrected chi connectivity index (χ3v) is 16.1. The molecule has 2 aliphatic carbocycles. The lowest BCUT2D eigenvalue weighted by Gasteiger charge is -2.23. The zero-order valence-electron chi connectivity index (χ0n) is 41.9. The third kappa shape index (κ3) is 7.06. The predicted octanol–water partition coefficient (Wildman–Crippen LogP) is 18.5. The zero-order valence-corrected chi connectivity index (χ0v) is 41.9. The van der Waals surface area contributed by atoms with Gasteiger partial charge in [0, 0.05) is 27.5 Å². The molecule has 3 nitrogen and oxygen atoms in total. The Labute approximate surface area is 432 Å². The highest BCUT2D eigenvalue weighted by molar-refractivity contribution is 6.04. The molecule has 1 heterocycles. The monoisotopic (exact) mass is 945 g/mol. The molecule has 0 saturated carbocycles. The summed E-state index contributed by atoms with van der Waals surface area (Å²) in [5.74, 6) is 1.86. The minimum absolute atomic E-state index is 0.194. The molecule has 0 amide bonds. The van der Waals surface area contributed by atoms with Gasteiger partial charge < -0.3 is 0 Å². The number of nitrogens with zero attached hydrogens (tertiary/aromatic N) is 3. The second-order valence-electron chi connectivity index (χ2n) is 21.2. The minimum atomic E-state index is -0.194. The number of benzene rings is 11. The van der Waals surface area contributed by atoms with Crippen LogP contribution in [0.15, 0.2) is 237 Å². The molecule has 0 N–H and O–H groups in total. The number of aromatic nitrogens is 3. The van der Waals surface area contributed by atoms with Crippen molar-refractivity contribution >= 4 is 21.5 Å². The molecule has 350 valence electrons. The van der Waals surface area contributed by atoms with E-state index in [0.29, 0.717) is 17.5 Å². The Balaban J connectivity index is 0.960. The summed E-state index contributed by atoms with van der Waals surface area (Å²) in [5.41, 5.74) is 22.2. The fourth-order valence-electron chi connectivity index (χ4n) is 12.1. The van der Waals surface area contributed by atoms with Gasteiger partial charge in [-0.15, -0.1) is 0 Å². The molecule has 0 saturated heterocycles. The van der Waals surface area contributed by atoms with Crippen molar-refractivity contribution in [2.24, 2.45) is 0 Å². The molecule has 0 bridgehead atoms. The molecule has 0 unspecified atom stereocenters. The van der Waals surface area contributed by atoms with Crippen molar-refractivity contribution in [2.75, 3.05) is 0 Å². The topological polar surface area (TPSA) is 38.7 Å². The molecule has 74 heavy (non-hydrogen) atoms. The van der Waals surface area contributed by atoms with Crippen LogP contribution in [0.2, 0.25) is 0 Å². The molecule has 0 spiro atoms. The van der Waals surface area contributed by atoms with Crippen LogP contribution in [0.1, 0.15) is 49.9 Å². The Bertz CT molecular complexity index is 3940. The van der Waals surface area contributed by atoms with Crippen molar-refractivity contribution in [3.63, 3.8) is 0 Å². The van der Waals surface area contributed by atoms with Crippen LogP contribution < -0.4 is 0 Å². The summed E-state index contributed by atoms with van der Waals surface area (Å²) in [6.07, 6.45) is 0. The van der Waals surface area contributed by atoms with E-state index in [1.54, 1.807) is 0 Å². The maximum absolute atomic E-state index is 5.39. The van der Waals surface area contributed by atoms with E-state index in [4.69, 9.17) is 15.0 Å². The van der Waals surface area contributed by atoms with Crippen molar-refractivity contribution in [3.8, 4) is 101 Å². The number of hydrogen-bond donors (Lipinski definition) is 0. The van der Waals surface area contributed by atoms with Crippen LogP contribution in [0.5, 0.6) is 0 Å². The Morgan fingerprint density at radius 2 is 0.581 bits per heavy atom. The first-order chi connectivity index (χ1) is 36.2. The normalized spacial score (nSPS) is 13.6. The van der Waals surface area contributed by atoms with Gasteiger partial charge in [0.2, 0.25) is 0 Å². The lowest BCUT2D eigenvalue weighted by molar-refractivity contribution is 0.661. The second-order valence-corrected chi connectivity index (χ2v) is 21.2. The van der Waals surface area contributed by atoms with Gasteiger partial charge in [0.15, 0.2) is 17.5 Å². The van der Waals surface area contributed by atoms with Gasteiger partial charge >= 0.3 is 0 Å². The third-order valence-electron chi connectivity index (χ3n) is 16.1. The summed E-state index contributed by atoms with van der Waals surface area (Å²) in [6, 6.07) is 86.1. The van der Waals surface area contributed by atoms with Crippen LogP contribution in [0, 0.1) is 0 Å². The van der Waals surface area contributed by atoms with Crippen molar-refractivity contribution < 1.29 is 0 Å². The molecule has 0 radical (unpaired) electrons. The molecule has 1 aromatic heterocycles. The van der Waals surface area contributed by atoms with Gasteiger partial charge in [0.05, 0.1) is 0 Å². The summed E-state index contributed by atoms with van der Waals surface area (Å²) in [5, 5.41) is 5.13. The van der Waals surface area contributed by atoms with Crippen molar-refractivity contribution in [2.45, 2.75) is 38.5 Å². The Morgan fingerprint density at radius 1 is 0.243 bits per heavy atom. The van der Waals surface area contributed by atoms with E-state index in [1.165, 1.54) is 77.2 Å². The van der Waals surface area contributed by atoms with Crippen molar-refractivity contribution in [3.05, 3.63) is 259 Å². The highest BCUT2D eigenvalue weighted by atomic mass is 15.0. The van der Waals surface area contributed by atoms with E-state index in [-0.39, 0.29) is 10.8 Å². The molecule has 11 aromatic carbocycles. The fraction of sp³-hybridized carbons (Fsp3) is 0.0845. The average Bonchev–Trinajstić information content (AvgIpc) is 3.92. The van der Waals surface area contributed by atoms with Crippen LogP contribution in [-0.2, 0) is 10.8 Å². The van der Waals surface area contributed by atoms with Gasteiger partial charge in [-0.2, -0.15) is 0 Å². The van der Waals surface area contributed by atoms with E-state index in [2.05, 4.69) is 264 Å². The first-order valence-electron chi connectivity index (χ1n) is 25.7. The molecule has 2 aliphatic rings. The number of rotatable bonds is 7. The summed E-state index contributed by atoms with van der Waals surface area (Å²) < 4.78 is 0. The first kappa shape index (κ1) is 43.7. The quantitative estimate of drug-likeness (QED) is 0.160. The van der Waals surface area contributed by atoms with Crippen LogP contribution in [0.4, 0.5) is 0 Å². The van der Waals surface area contributed by atoms with E-state index in [0.717, 1.165) is 50.1 Å². The zero-order chi connectivity index (χ0) is 49.7. The van der Waals surface area contributed by atoms with E-state index in [1.807, 2.05) is 0 Å². The van der Waals surface area contributed by atoms with Gasteiger partial charge in [-0.25, -0.2) is 15.0 Å². The number of fused-ring (bicyclic) bond motifs is 10. The molecule has 0 atom stereocenters. The standard InChI is InChI=1S/C71H51N3/c1-70(2)61-37-33-48-19-11-13-21-57(48)65(61)59-35-31-52(42-63(59)70)54-39-55(53-32-36-60-64(43-53)71(3,4)62-38-34-49-20-12-14-22-58(49)66(60)62)41-56(40-54)69-73-67(50-27-23-46(24-28-50)44-15-7-5-8-16-44)72-68(74-69)51-29-25-47(26-30-51)45-17-9-6-10-18-45/h5-43H,1-4H3. The lowest BCUT2D eigenvalue weighted by Crippen LogP contribution is -2.15. The minimum Gasteiger partial charge on any atom is -0.208 e. The largest absolute Gasteiger partial charge is 0.208 e. The van der Waals surface area contributed by atoms with Gasteiger partial charge in [0.1, 0.15) is 0 Å². The smallest absolute Gasteiger partial charge is 0.164 e. The summed E-state index contributed by atoms with van der Waals surface area (Å²) in [6.45, 7) is 9.49. The predicted molar refractivity (Wildman–Crippen MR) is 308 cm³/mol. The molecule has 0 fully saturated rings. The van der Waals surface area contributed by atoms with Crippen molar-refractivity contribution in [1.29, 1.82) is 0 Å². The van der Waals surface area contributed by atoms with Crippen molar-refractivity contribution in [1.82, 2.24) is 15.0 Å². The SMILES string of the molecule is CC1(C)c2cc(-c3cc(-c4ccc5c(c4)C(C)(C)c4ccc6ccccc6c4-5)cc(-c4nc(-c5ccc(-c6ccccc6)cc5)nc(-c5ccc(-c6ccccc6)cc5)n4)c3)ccc2-c2c1ccc1ccccc21. The summed E-state index contributed by atoms with van der Waals surface area (Å²) in [7, 11) is 0. The van der Waals surface area contributed by atoms with Gasteiger partial charge in [-0.3, -0.25) is 0 Å². The molecule has 3 heteroatoms. The van der Waals surface area contributed by atoms with E-state index in [9.17, 15) is 0 Å². The van der Waals surface area contributed by atoms with Crippen LogP contribution in [0.25, 0.3) is 122 Å². The highest BCUT2D eigenvalue weighted by Gasteiger charge is 2.38. The van der Waals surface area contributed by atoms with Crippen LogP contribution >= 0.6 is 0 Å². The molecular weight excluding hydrogens is 895 g/mol. The maximum atomic E-state index is 5.39. The Morgan fingerprint density at radius 3 is 1.01 bits per heavy atom. The second kappa shape index (κ2) is 16.8. The van der Waals surface area contributed by atoms with Gasteiger partial charge in [-0.05, 0) is 141 Å². The van der Waals surface area contributed by atoms with Crippen LogP contribution in [0.3, 0.4) is 0 Å². The Kier molecular flexibility index (Phi) is 9.90. The number of hydrogen-bond acceptors (Lipinski definition) is 3. The Hall–Kier alpha value is -9.05. The fourth-order valence-corrected chi connectivity index (χ4v) is 12.1. The van der Waals surface area contributed by atoms with E-state index >= 15 is 0 Å².